The number of hydrogen-bond donors (Lipinski definition) is 1. The summed E-state index contributed by atoms with van der Waals surface area (Å²) in [5, 5.41) is 3.17. The van der Waals surface area contributed by atoms with Gasteiger partial charge in [-0.2, -0.15) is 0 Å². The van der Waals surface area contributed by atoms with Crippen molar-refractivity contribution in [1.82, 2.24) is 10.2 Å². The molecule has 0 bridgehead atoms. The van der Waals surface area contributed by atoms with E-state index in [-0.39, 0.29) is 4.90 Å². The summed E-state index contributed by atoms with van der Waals surface area (Å²) in [5.41, 5.74) is 0. The molecule has 2 rings (SSSR count). The minimum Gasteiger partial charge on any atom is -0.355 e. The van der Waals surface area contributed by atoms with Gasteiger partial charge in [0.2, 0.25) is 5.91 Å². The lowest BCUT2D eigenvalue weighted by molar-refractivity contribution is -0.118. The van der Waals surface area contributed by atoms with Crippen LogP contribution in [0.2, 0.25) is 5.02 Å². The number of carbonyl (C=O) groups is 1. The van der Waals surface area contributed by atoms with E-state index in [0.717, 1.165) is 26.1 Å². The van der Waals surface area contributed by atoms with Crippen LogP contribution >= 0.6 is 11.6 Å². The van der Waals surface area contributed by atoms with Crippen LogP contribution in [-0.4, -0.2) is 51.2 Å². The lowest BCUT2D eigenvalue weighted by atomic mass is 10.2. The number of halogens is 1. The molecule has 1 aliphatic rings. The number of sulfone groups is 1. The summed E-state index contributed by atoms with van der Waals surface area (Å²) in [6.45, 7) is 3.70. The van der Waals surface area contributed by atoms with Crippen molar-refractivity contribution < 1.29 is 13.2 Å². The van der Waals surface area contributed by atoms with Crippen LogP contribution in [0, 0.1) is 0 Å². The molecule has 1 amide bonds. The van der Waals surface area contributed by atoms with Crippen molar-refractivity contribution >= 4 is 27.3 Å². The number of hydrogen-bond acceptors (Lipinski definition) is 4. The summed E-state index contributed by atoms with van der Waals surface area (Å²) in [6.07, 6.45) is 5.93. The van der Waals surface area contributed by atoms with Gasteiger partial charge in [-0.25, -0.2) is 8.42 Å². The Morgan fingerprint density at radius 3 is 2.33 bits per heavy atom. The highest BCUT2D eigenvalue weighted by molar-refractivity contribution is 7.92. The van der Waals surface area contributed by atoms with Crippen LogP contribution in [0.3, 0.4) is 0 Å². The molecule has 134 valence electrons. The molecule has 5 nitrogen and oxygen atoms in total. The molecule has 24 heavy (non-hydrogen) atoms. The van der Waals surface area contributed by atoms with Crippen LogP contribution < -0.4 is 5.32 Å². The van der Waals surface area contributed by atoms with Gasteiger partial charge in [-0.15, -0.1) is 0 Å². The first kappa shape index (κ1) is 19.2. The topological polar surface area (TPSA) is 66.5 Å². The average molecular weight is 373 g/mol. The normalized spacial score (nSPS) is 16.5. The van der Waals surface area contributed by atoms with E-state index in [2.05, 4.69) is 10.2 Å². The fourth-order valence-electron chi connectivity index (χ4n) is 2.84. The summed E-state index contributed by atoms with van der Waals surface area (Å²) in [5.74, 6) is -0.987. The Bertz CT molecular complexity index is 624. The van der Waals surface area contributed by atoms with Crippen molar-refractivity contribution in [3.8, 4) is 0 Å². The van der Waals surface area contributed by atoms with Crippen molar-refractivity contribution in [3.63, 3.8) is 0 Å². The van der Waals surface area contributed by atoms with Crippen molar-refractivity contribution in [2.24, 2.45) is 0 Å². The Kier molecular flexibility index (Phi) is 7.52. The van der Waals surface area contributed by atoms with Gasteiger partial charge < -0.3 is 10.2 Å². The van der Waals surface area contributed by atoms with E-state index >= 15 is 0 Å². The average Bonchev–Trinajstić information content (AvgIpc) is 2.80. The van der Waals surface area contributed by atoms with Gasteiger partial charge in [-0.3, -0.25) is 4.79 Å². The molecule has 0 aromatic heterocycles. The van der Waals surface area contributed by atoms with E-state index in [1.54, 1.807) is 0 Å². The third kappa shape index (κ3) is 6.42. The van der Waals surface area contributed by atoms with Gasteiger partial charge in [0.1, 0.15) is 5.75 Å². The highest BCUT2D eigenvalue weighted by atomic mass is 35.5. The summed E-state index contributed by atoms with van der Waals surface area (Å²) >= 11 is 5.75. The minimum absolute atomic E-state index is 0.117. The summed E-state index contributed by atoms with van der Waals surface area (Å²) in [7, 11) is -3.62. The molecule has 0 atom stereocenters. The Balaban J connectivity index is 1.71. The van der Waals surface area contributed by atoms with Crippen molar-refractivity contribution in [3.05, 3.63) is 29.3 Å². The van der Waals surface area contributed by atoms with E-state index in [4.69, 9.17) is 11.6 Å². The predicted molar refractivity (Wildman–Crippen MR) is 96.0 cm³/mol. The van der Waals surface area contributed by atoms with Crippen molar-refractivity contribution in [2.45, 2.75) is 37.0 Å². The third-order valence-electron chi connectivity index (χ3n) is 4.17. The monoisotopic (exact) mass is 372 g/mol. The van der Waals surface area contributed by atoms with E-state index in [9.17, 15) is 13.2 Å². The van der Waals surface area contributed by atoms with Crippen LogP contribution in [0.1, 0.15) is 32.1 Å². The number of nitrogens with zero attached hydrogens (tertiary/aromatic N) is 1. The van der Waals surface area contributed by atoms with Gasteiger partial charge in [-0.05, 0) is 63.2 Å². The SMILES string of the molecule is O=C(CS(=O)(=O)c1ccc(Cl)cc1)NCCCN1CCCCCC1. The molecule has 1 fully saturated rings. The Labute approximate surface area is 149 Å². The van der Waals surface area contributed by atoms with E-state index < -0.39 is 21.5 Å². The lowest BCUT2D eigenvalue weighted by Crippen LogP contribution is -2.33. The number of carbonyl (C=O) groups excluding carboxylic acids is 1. The Hall–Kier alpha value is -1.11. The number of amides is 1. The molecule has 7 heteroatoms. The van der Waals surface area contributed by atoms with Gasteiger partial charge >= 0.3 is 0 Å². The van der Waals surface area contributed by atoms with Crippen molar-refractivity contribution in [1.29, 1.82) is 0 Å². The molecule has 1 heterocycles. The van der Waals surface area contributed by atoms with Crippen molar-refractivity contribution in [2.75, 3.05) is 31.9 Å². The molecule has 0 spiro atoms. The van der Waals surface area contributed by atoms with Gasteiger partial charge in [0, 0.05) is 11.6 Å². The number of likely N-dealkylation sites (tertiary alicyclic amines) is 1. The summed E-state index contributed by atoms with van der Waals surface area (Å²) < 4.78 is 24.3. The maximum Gasteiger partial charge on any atom is 0.235 e. The maximum absolute atomic E-state index is 12.2. The first-order valence-electron chi connectivity index (χ1n) is 8.45. The second kappa shape index (κ2) is 9.39. The van der Waals surface area contributed by atoms with Crippen LogP contribution in [-0.2, 0) is 14.6 Å². The molecule has 0 saturated carbocycles. The molecule has 1 N–H and O–H groups in total. The van der Waals surface area contributed by atoms with Crippen LogP contribution in [0.4, 0.5) is 0 Å². The van der Waals surface area contributed by atoms with Crippen LogP contribution in [0.25, 0.3) is 0 Å². The van der Waals surface area contributed by atoms with Gasteiger partial charge in [0.05, 0.1) is 4.90 Å². The molecule has 0 unspecified atom stereocenters. The lowest BCUT2D eigenvalue weighted by Gasteiger charge is -2.19. The first-order chi connectivity index (χ1) is 11.5. The van der Waals surface area contributed by atoms with Gasteiger partial charge in [-0.1, -0.05) is 24.4 Å². The number of nitrogens with one attached hydrogen (secondary N) is 1. The number of benzene rings is 1. The van der Waals surface area contributed by atoms with Crippen LogP contribution in [0.15, 0.2) is 29.2 Å². The zero-order valence-corrected chi connectivity index (χ0v) is 15.4. The fourth-order valence-corrected chi connectivity index (χ4v) is 4.13. The summed E-state index contributed by atoms with van der Waals surface area (Å²) in [4.78, 5) is 14.4. The van der Waals surface area contributed by atoms with E-state index in [1.807, 2.05) is 0 Å². The van der Waals surface area contributed by atoms with Crippen LogP contribution in [0.5, 0.6) is 0 Å². The fraction of sp³-hybridized carbons (Fsp3) is 0.588. The Morgan fingerprint density at radius 2 is 1.71 bits per heavy atom. The van der Waals surface area contributed by atoms with Gasteiger partial charge in [0.15, 0.2) is 9.84 Å². The number of rotatable bonds is 7. The molecule has 1 aliphatic heterocycles. The van der Waals surface area contributed by atoms with Gasteiger partial charge in [0.25, 0.3) is 0 Å². The molecule has 0 radical (unpaired) electrons. The molecule has 0 aliphatic carbocycles. The zero-order valence-electron chi connectivity index (χ0n) is 13.8. The molecular formula is C17H25ClN2O3S. The molecular weight excluding hydrogens is 348 g/mol. The molecule has 1 saturated heterocycles. The minimum atomic E-state index is -3.62. The Morgan fingerprint density at radius 1 is 1.08 bits per heavy atom. The smallest absolute Gasteiger partial charge is 0.235 e. The second-order valence-corrected chi connectivity index (χ2v) is 8.60. The first-order valence-corrected chi connectivity index (χ1v) is 10.5. The predicted octanol–water partition coefficient (Wildman–Crippen LogP) is 2.50. The quantitative estimate of drug-likeness (QED) is 0.747. The molecule has 1 aromatic carbocycles. The molecule has 1 aromatic rings. The highest BCUT2D eigenvalue weighted by Gasteiger charge is 2.19. The maximum atomic E-state index is 12.2. The third-order valence-corrected chi connectivity index (χ3v) is 6.05. The van der Waals surface area contributed by atoms with E-state index in [1.165, 1.54) is 49.9 Å². The van der Waals surface area contributed by atoms with E-state index in [0.29, 0.717) is 11.6 Å². The standard InChI is InChI=1S/C17H25ClN2O3S/c18-15-6-8-16(9-7-15)24(22,23)14-17(21)19-10-5-13-20-11-3-1-2-4-12-20/h6-9H,1-5,10-14H2,(H,19,21). The summed E-state index contributed by atoms with van der Waals surface area (Å²) in [6, 6.07) is 5.86. The second-order valence-electron chi connectivity index (χ2n) is 6.17. The highest BCUT2D eigenvalue weighted by Crippen LogP contribution is 2.15. The zero-order chi connectivity index (χ0) is 17.4. The largest absolute Gasteiger partial charge is 0.355 e.